The van der Waals surface area contributed by atoms with Gasteiger partial charge in [-0.25, -0.2) is 24.0 Å². The van der Waals surface area contributed by atoms with Crippen molar-refractivity contribution in [2.75, 3.05) is 11.7 Å². The molecule has 0 spiro atoms. The van der Waals surface area contributed by atoms with Gasteiger partial charge >= 0.3 is 0 Å². The number of nitrogens with zero attached hydrogens (tertiary/aromatic N) is 1. The first-order valence-electron chi connectivity index (χ1n) is 6.63. The van der Waals surface area contributed by atoms with E-state index in [0.29, 0.717) is 5.25 Å². The second-order valence-corrected chi connectivity index (χ2v) is 8.24. The predicted octanol–water partition coefficient (Wildman–Crippen LogP) is 1.97. The van der Waals surface area contributed by atoms with Gasteiger partial charge in [0.15, 0.2) is 5.82 Å². The third kappa shape index (κ3) is 4.23. The number of anilines is 1. The van der Waals surface area contributed by atoms with Gasteiger partial charge in [-0.15, -0.1) is 0 Å². The summed E-state index contributed by atoms with van der Waals surface area (Å²) < 4.78 is 27.4. The summed E-state index contributed by atoms with van der Waals surface area (Å²) in [5, 5.41) is 0.809. The van der Waals surface area contributed by atoms with E-state index in [0.717, 1.165) is 25.7 Å². The Bertz CT molecular complexity index is 589. The molecular formula is C12H19ClN4O2S2. The highest BCUT2D eigenvalue weighted by atomic mass is 35.5. The van der Waals surface area contributed by atoms with Crippen molar-refractivity contribution in [2.24, 2.45) is 5.84 Å². The lowest BCUT2D eigenvalue weighted by atomic mass is 9.96. The summed E-state index contributed by atoms with van der Waals surface area (Å²) in [5.41, 5.74) is 2.31. The average Bonchev–Trinajstić information content (AvgIpc) is 2.47. The molecule has 1 fully saturated rings. The van der Waals surface area contributed by atoms with E-state index in [1.807, 2.05) is 11.8 Å². The number of nitrogens with two attached hydrogens (primary N) is 1. The monoisotopic (exact) mass is 350 g/mol. The lowest BCUT2D eigenvalue weighted by molar-refractivity contribution is 0.420. The van der Waals surface area contributed by atoms with E-state index in [1.165, 1.54) is 12.3 Å². The van der Waals surface area contributed by atoms with Crippen LogP contribution in [0.4, 0.5) is 5.82 Å². The lowest BCUT2D eigenvalue weighted by Gasteiger charge is -2.27. The molecule has 0 saturated heterocycles. The van der Waals surface area contributed by atoms with Crippen LogP contribution in [0.5, 0.6) is 0 Å². The molecule has 9 heteroatoms. The number of sulfonamides is 1. The van der Waals surface area contributed by atoms with E-state index in [9.17, 15) is 8.42 Å². The highest BCUT2D eigenvalue weighted by molar-refractivity contribution is 7.99. The highest BCUT2D eigenvalue weighted by Crippen LogP contribution is 2.28. The van der Waals surface area contributed by atoms with E-state index in [-0.39, 0.29) is 21.8 Å². The molecule has 0 radical (unpaired) electrons. The van der Waals surface area contributed by atoms with Gasteiger partial charge in [-0.2, -0.15) is 11.8 Å². The zero-order chi connectivity index (χ0) is 15.5. The number of hydrogen-bond donors (Lipinski definition) is 3. The Morgan fingerprint density at radius 3 is 2.57 bits per heavy atom. The standard InChI is InChI=1S/C12H19ClN4O2S2/c1-20-9-4-2-8(3-5-9)17-21(18,19)10-6-11(13)12(16-14)15-7-10/h6-9,17H,2-5,14H2,1H3,(H,15,16). The summed E-state index contributed by atoms with van der Waals surface area (Å²) in [6.45, 7) is 0. The molecule has 0 amide bonds. The number of thioether (sulfide) groups is 1. The number of aromatic nitrogens is 1. The summed E-state index contributed by atoms with van der Waals surface area (Å²) in [7, 11) is -3.60. The molecule has 1 saturated carbocycles. The molecular weight excluding hydrogens is 332 g/mol. The third-order valence-corrected chi connectivity index (χ3v) is 6.51. The predicted molar refractivity (Wildman–Crippen MR) is 86.9 cm³/mol. The van der Waals surface area contributed by atoms with Gasteiger partial charge in [0.1, 0.15) is 4.90 Å². The zero-order valence-corrected chi connectivity index (χ0v) is 14.1. The van der Waals surface area contributed by atoms with Crippen LogP contribution in [0.2, 0.25) is 5.02 Å². The molecule has 118 valence electrons. The van der Waals surface area contributed by atoms with Crippen LogP contribution in [0.15, 0.2) is 17.2 Å². The largest absolute Gasteiger partial charge is 0.307 e. The molecule has 21 heavy (non-hydrogen) atoms. The van der Waals surface area contributed by atoms with Gasteiger partial charge in [-0.05, 0) is 38.0 Å². The number of nitrogen functional groups attached to an aromatic ring is 1. The highest BCUT2D eigenvalue weighted by Gasteiger charge is 2.26. The second-order valence-electron chi connectivity index (χ2n) is 4.98. The molecule has 1 aromatic heterocycles. The van der Waals surface area contributed by atoms with Gasteiger partial charge < -0.3 is 5.43 Å². The van der Waals surface area contributed by atoms with E-state index in [1.54, 1.807) is 0 Å². The average molecular weight is 351 g/mol. The van der Waals surface area contributed by atoms with Crippen LogP contribution < -0.4 is 16.0 Å². The Morgan fingerprint density at radius 2 is 2.05 bits per heavy atom. The molecule has 0 bridgehead atoms. The Hall–Kier alpha value is -0.540. The third-order valence-electron chi connectivity index (χ3n) is 3.59. The minimum atomic E-state index is -3.60. The van der Waals surface area contributed by atoms with Gasteiger partial charge in [-0.1, -0.05) is 11.6 Å². The molecule has 1 heterocycles. The number of rotatable bonds is 5. The smallest absolute Gasteiger partial charge is 0.242 e. The molecule has 1 aliphatic carbocycles. The van der Waals surface area contributed by atoms with Crippen molar-refractivity contribution in [1.29, 1.82) is 0 Å². The summed E-state index contributed by atoms with van der Waals surface area (Å²) in [5.74, 6) is 5.47. The topological polar surface area (TPSA) is 97.1 Å². The number of hydrogen-bond acceptors (Lipinski definition) is 6. The Labute approximate surface area is 134 Å². The molecule has 1 aliphatic rings. The normalized spacial score (nSPS) is 23.0. The minimum absolute atomic E-state index is 0.0236. The van der Waals surface area contributed by atoms with Crippen molar-refractivity contribution in [3.8, 4) is 0 Å². The molecule has 0 aliphatic heterocycles. The second kappa shape index (κ2) is 7.15. The van der Waals surface area contributed by atoms with Crippen LogP contribution in [-0.4, -0.2) is 30.9 Å². The molecule has 0 atom stereocenters. The molecule has 0 unspecified atom stereocenters. The van der Waals surface area contributed by atoms with Gasteiger partial charge in [0.25, 0.3) is 0 Å². The Balaban J connectivity index is 2.07. The fourth-order valence-corrected chi connectivity index (χ4v) is 4.68. The first kappa shape index (κ1) is 16.8. The first-order chi connectivity index (χ1) is 9.96. The van der Waals surface area contributed by atoms with Gasteiger partial charge in [0.2, 0.25) is 10.0 Å². The summed E-state index contributed by atoms with van der Waals surface area (Å²) in [6, 6.07) is 1.32. The van der Waals surface area contributed by atoms with E-state index >= 15 is 0 Å². The first-order valence-corrected chi connectivity index (χ1v) is 9.78. The van der Waals surface area contributed by atoms with Crippen LogP contribution in [0.1, 0.15) is 25.7 Å². The summed E-state index contributed by atoms with van der Waals surface area (Å²) in [4.78, 5) is 3.95. The Morgan fingerprint density at radius 1 is 1.38 bits per heavy atom. The van der Waals surface area contributed by atoms with Crippen LogP contribution in [0, 0.1) is 0 Å². The van der Waals surface area contributed by atoms with Crippen LogP contribution in [0.25, 0.3) is 0 Å². The zero-order valence-electron chi connectivity index (χ0n) is 11.7. The van der Waals surface area contributed by atoms with Crippen LogP contribution in [-0.2, 0) is 10.0 Å². The van der Waals surface area contributed by atoms with Crippen molar-refractivity contribution in [2.45, 2.75) is 41.9 Å². The molecule has 1 aromatic rings. The van der Waals surface area contributed by atoms with Crippen molar-refractivity contribution in [1.82, 2.24) is 9.71 Å². The summed E-state index contributed by atoms with van der Waals surface area (Å²) >= 11 is 7.76. The van der Waals surface area contributed by atoms with Gasteiger partial charge in [-0.3, -0.25) is 0 Å². The number of halogens is 1. The number of nitrogens with one attached hydrogen (secondary N) is 2. The van der Waals surface area contributed by atoms with Crippen LogP contribution in [0.3, 0.4) is 0 Å². The maximum absolute atomic E-state index is 12.3. The summed E-state index contributed by atoms with van der Waals surface area (Å²) in [6.07, 6.45) is 7.11. The molecule has 6 nitrogen and oxygen atoms in total. The van der Waals surface area contributed by atoms with E-state index in [2.05, 4.69) is 21.4 Å². The maximum Gasteiger partial charge on any atom is 0.242 e. The van der Waals surface area contributed by atoms with E-state index in [4.69, 9.17) is 17.4 Å². The molecule has 2 rings (SSSR count). The quantitative estimate of drug-likeness (QED) is 0.555. The minimum Gasteiger partial charge on any atom is -0.307 e. The van der Waals surface area contributed by atoms with Crippen molar-refractivity contribution in [3.63, 3.8) is 0 Å². The fraction of sp³-hybridized carbons (Fsp3) is 0.583. The molecule has 0 aromatic carbocycles. The maximum atomic E-state index is 12.3. The number of hydrazine groups is 1. The SMILES string of the molecule is CSC1CCC(NS(=O)(=O)c2cnc(NN)c(Cl)c2)CC1. The molecule has 4 N–H and O–H groups in total. The van der Waals surface area contributed by atoms with Crippen LogP contribution >= 0.6 is 23.4 Å². The fourth-order valence-electron chi connectivity index (χ4n) is 2.38. The van der Waals surface area contributed by atoms with Gasteiger partial charge in [0, 0.05) is 17.5 Å². The lowest BCUT2D eigenvalue weighted by Crippen LogP contribution is -2.38. The van der Waals surface area contributed by atoms with E-state index < -0.39 is 10.0 Å². The van der Waals surface area contributed by atoms with Crippen molar-refractivity contribution >= 4 is 39.2 Å². The van der Waals surface area contributed by atoms with Crippen molar-refractivity contribution < 1.29 is 8.42 Å². The Kier molecular flexibility index (Phi) is 5.73. The van der Waals surface area contributed by atoms with Crippen molar-refractivity contribution in [3.05, 3.63) is 17.3 Å². The van der Waals surface area contributed by atoms with Gasteiger partial charge in [0.05, 0.1) is 5.02 Å². The number of pyridine rings is 1.